The number of esters is 1. The molecule has 0 amide bonds. The van der Waals surface area contributed by atoms with Crippen LogP contribution in [0.2, 0.25) is 0 Å². The Labute approximate surface area is 123 Å². The van der Waals surface area contributed by atoms with Crippen LogP contribution in [-0.2, 0) is 9.53 Å². The molecule has 0 aromatic heterocycles. The first kappa shape index (κ1) is 13.6. The van der Waals surface area contributed by atoms with E-state index in [4.69, 9.17) is 4.74 Å². The fourth-order valence-corrected chi connectivity index (χ4v) is 3.62. The molecule has 0 atom stereocenters. The standard InChI is InChI=1S/C16H19NO2S/c1-11-15(16(18)19-12-7-3-2-4-8-12)20-14-10-6-5-9-13(14)17-11/h5-6,9-10,12,17H,2-4,7-8H2,1H3. The van der Waals surface area contributed by atoms with Crippen molar-refractivity contribution >= 4 is 23.4 Å². The van der Waals surface area contributed by atoms with Crippen molar-refractivity contribution in [2.75, 3.05) is 5.32 Å². The van der Waals surface area contributed by atoms with Gasteiger partial charge in [0.2, 0.25) is 0 Å². The van der Waals surface area contributed by atoms with Gasteiger partial charge in [0.15, 0.2) is 0 Å². The summed E-state index contributed by atoms with van der Waals surface area (Å²) < 4.78 is 5.66. The molecule has 1 aliphatic heterocycles. The molecule has 106 valence electrons. The van der Waals surface area contributed by atoms with E-state index < -0.39 is 0 Å². The van der Waals surface area contributed by atoms with Crippen LogP contribution < -0.4 is 5.32 Å². The molecule has 1 aromatic rings. The number of hydrogen-bond donors (Lipinski definition) is 1. The summed E-state index contributed by atoms with van der Waals surface area (Å²) in [6.07, 6.45) is 5.72. The summed E-state index contributed by atoms with van der Waals surface area (Å²) in [5.74, 6) is -0.179. The number of allylic oxidation sites excluding steroid dienone is 1. The highest BCUT2D eigenvalue weighted by Crippen LogP contribution is 2.40. The lowest BCUT2D eigenvalue weighted by Crippen LogP contribution is -2.23. The minimum absolute atomic E-state index is 0.106. The van der Waals surface area contributed by atoms with Gasteiger partial charge in [-0.2, -0.15) is 0 Å². The van der Waals surface area contributed by atoms with Gasteiger partial charge in [-0.15, -0.1) is 0 Å². The van der Waals surface area contributed by atoms with Crippen molar-refractivity contribution in [1.82, 2.24) is 0 Å². The molecule has 1 N–H and O–H groups in total. The monoisotopic (exact) mass is 289 g/mol. The Balaban J connectivity index is 1.71. The topological polar surface area (TPSA) is 38.3 Å². The Bertz CT molecular complexity index is 547. The molecule has 0 saturated heterocycles. The molecule has 1 aromatic carbocycles. The van der Waals surface area contributed by atoms with Gasteiger partial charge in [-0.05, 0) is 44.7 Å². The molecule has 0 radical (unpaired) electrons. The number of carbonyl (C=O) groups excluding carboxylic acids is 1. The van der Waals surface area contributed by atoms with Crippen molar-refractivity contribution in [2.45, 2.75) is 50.0 Å². The van der Waals surface area contributed by atoms with E-state index in [0.717, 1.165) is 29.1 Å². The Morgan fingerprint density at radius 2 is 2.00 bits per heavy atom. The number of ether oxygens (including phenoxy) is 1. The summed E-state index contributed by atoms with van der Waals surface area (Å²) in [6.45, 7) is 1.93. The quantitative estimate of drug-likeness (QED) is 0.823. The summed E-state index contributed by atoms with van der Waals surface area (Å²) in [7, 11) is 0. The highest BCUT2D eigenvalue weighted by Gasteiger charge is 2.25. The van der Waals surface area contributed by atoms with E-state index in [9.17, 15) is 4.79 Å². The number of anilines is 1. The molecule has 0 spiro atoms. The summed E-state index contributed by atoms with van der Waals surface area (Å²) >= 11 is 1.50. The van der Waals surface area contributed by atoms with Gasteiger partial charge in [-0.25, -0.2) is 4.79 Å². The Morgan fingerprint density at radius 3 is 2.80 bits per heavy atom. The molecule has 3 rings (SSSR count). The zero-order valence-corrected chi connectivity index (χ0v) is 12.5. The van der Waals surface area contributed by atoms with Crippen LogP contribution in [0.25, 0.3) is 0 Å². The number of benzene rings is 1. The van der Waals surface area contributed by atoms with Crippen LogP contribution >= 0.6 is 11.8 Å². The zero-order valence-electron chi connectivity index (χ0n) is 11.6. The lowest BCUT2D eigenvalue weighted by atomic mass is 9.98. The summed E-state index contributed by atoms with van der Waals surface area (Å²) in [5, 5.41) is 3.29. The second-order valence-corrected chi connectivity index (χ2v) is 6.39. The second kappa shape index (κ2) is 5.92. The molecule has 4 heteroatoms. The van der Waals surface area contributed by atoms with Crippen molar-refractivity contribution in [3.05, 3.63) is 34.9 Å². The average molecular weight is 289 g/mol. The molecular weight excluding hydrogens is 270 g/mol. The molecule has 3 nitrogen and oxygen atoms in total. The first-order valence-electron chi connectivity index (χ1n) is 7.20. The Kier molecular flexibility index (Phi) is 4.01. The molecule has 1 aliphatic carbocycles. The SMILES string of the molecule is CC1=C(C(=O)OC2CCCCC2)Sc2ccccc2N1. The van der Waals surface area contributed by atoms with Crippen LogP contribution in [0.5, 0.6) is 0 Å². The van der Waals surface area contributed by atoms with Crippen molar-refractivity contribution in [3.63, 3.8) is 0 Å². The van der Waals surface area contributed by atoms with E-state index in [1.54, 1.807) is 0 Å². The van der Waals surface area contributed by atoms with E-state index >= 15 is 0 Å². The van der Waals surface area contributed by atoms with Crippen LogP contribution in [-0.4, -0.2) is 12.1 Å². The van der Waals surface area contributed by atoms with Gasteiger partial charge < -0.3 is 10.1 Å². The predicted molar refractivity (Wildman–Crippen MR) is 81.6 cm³/mol. The molecule has 20 heavy (non-hydrogen) atoms. The van der Waals surface area contributed by atoms with Gasteiger partial charge in [-0.1, -0.05) is 30.3 Å². The highest BCUT2D eigenvalue weighted by molar-refractivity contribution is 8.04. The third-order valence-corrected chi connectivity index (χ3v) is 5.03. The van der Waals surface area contributed by atoms with Gasteiger partial charge in [-0.3, -0.25) is 0 Å². The molecule has 0 unspecified atom stereocenters. The van der Waals surface area contributed by atoms with Crippen LogP contribution in [0.1, 0.15) is 39.0 Å². The van der Waals surface area contributed by atoms with Gasteiger partial charge in [0.05, 0.1) is 5.69 Å². The average Bonchev–Trinajstić information content (AvgIpc) is 2.47. The highest BCUT2D eigenvalue weighted by atomic mass is 32.2. The second-order valence-electron chi connectivity index (χ2n) is 5.34. The van der Waals surface area contributed by atoms with Gasteiger partial charge >= 0.3 is 5.97 Å². The molecule has 0 bridgehead atoms. The number of carbonyl (C=O) groups is 1. The van der Waals surface area contributed by atoms with E-state index in [1.807, 2.05) is 31.2 Å². The first-order valence-corrected chi connectivity index (χ1v) is 8.01. The van der Waals surface area contributed by atoms with E-state index in [1.165, 1.54) is 31.0 Å². The number of hydrogen-bond acceptors (Lipinski definition) is 4. The first-order chi connectivity index (χ1) is 9.74. The summed E-state index contributed by atoms with van der Waals surface area (Å²) in [5.41, 5.74) is 1.94. The van der Waals surface area contributed by atoms with Crippen molar-refractivity contribution in [1.29, 1.82) is 0 Å². The van der Waals surface area contributed by atoms with E-state index in [-0.39, 0.29) is 12.1 Å². The van der Waals surface area contributed by atoms with Crippen LogP contribution in [0.15, 0.2) is 39.8 Å². The zero-order chi connectivity index (χ0) is 13.9. The number of fused-ring (bicyclic) bond motifs is 1. The van der Waals surface area contributed by atoms with Crippen LogP contribution in [0.3, 0.4) is 0 Å². The number of thioether (sulfide) groups is 1. The third-order valence-electron chi connectivity index (χ3n) is 3.77. The normalized spacial score (nSPS) is 19.2. The smallest absolute Gasteiger partial charge is 0.347 e. The molecular formula is C16H19NO2S. The molecule has 1 saturated carbocycles. The maximum Gasteiger partial charge on any atom is 0.347 e. The maximum absolute atomic E-state index is 12.3. The fraction of sp³-hybridized carbons (Fsp3) is 0.438. The largest absolute Gasteiger partial charge is 0.458 e. The van der Waals surface area contributed by atoms with Crippen LogP contribution in [0.4, 0.5) is 5.69 Å². The van der Waals surface area contributed by atoms with Crippen molar-refractivity contribution < 1.29 is 9.53 Å². The lowest BCUT2D eigenvalue weighted by molar-refractivity contribution is -0.144. The maximum atomic E-state index is 12.3. The molecule has 2 aliphatic rings. The molecule has 1 heterocycles. The fourth-order valence-electron chi connectivity index (χ4n) is 2.69. The minimum atomic E-state index is -0.179. The lowest BCUT2D eigenvalue weighted by Gasteiger charge is -2.25. The number of para-hydroxylation sites is 1. The predicted octanol–water partition coefficient (Wildman–Crippen LogP) is 4.31. The van der Waals surface area contributed by atoms with Crippen molar-refractivity contribution in [2.24, 2.45) is 0 Å². The Morgan fingerprint density at radius 1 is 1.25 bits per heavy atom. The van der Waals surface area contributed by atoms with Gasteiger partial charge in [0.1, 0.15) is 11.0 Å². The number of rotatable bonds is 2. The number of nitrogens with one attached hydrogen (secondary N) is 1. The van der Waals surface area contributed by atoms with E-state index in [0.29, 0.717) is 4.91 Å². The third kappa shape index (κ3) is 2.85. The van der Waals surface area contributed by atoms with Crippen molar-refractivity contribution in [3.8, 4) is 0 Å². The summed E-state index contributed by atoms with van der Waals surface area (Å²) in [6, 6.07) is 8.02. The molecule has 1 fully saturated rings. The van der Waals surface area contributed by atoms with Gasteiger partial charge in [0, 0.05) is 10.6 Å². The van der Waals surface area contributed by atoms with E-state index in [2.05, 4.69) is 5.32 Å². The summed E-state index contributed by atoms with van der Waals surface area (Å²) in [4.78, 5) is 14.1. The minimum Gasteiger partial charge on any atom is -0.458 e. The van der Waals surface area contributed by atoms with Crippen LogP contribution in [0, 0.1) is 0 Å². The Hall–Kier alpha value is -1.42. The van der Waals surface area contributed by atoms with Gasteiger partial charge in [0.25, 0.3) is 0 Å².